The molecule has 0 radical (unpaired) electrons. The molecule has 106 valence electrons. The molecule has 0 aliphatic carbocycles. The summed E-state index contributed by atoms with van der Waals surface area (Å²) in [5.41, 5.74) is 0. The van der Waals surface area contributed by atoms with Gasteiger partial charge in [-0.1, -0.05) is 55.1 Å². The smallest absolute Gasteiger partial charge is 0.207 e. The summed E-state index contributed by atoms with van der Waals surface area (Å²) in [5, 5.41) is 0.886. The van der Waals surface area contributed by atoms with Crippen molar-refractivity contribution >= 4 is 65.1 Å². The molecule has 1 aromatic carbocycles. The number of sulfonamides is 1. The van der Waals surface area contributed by atoms with Gasteiger partial charge in [0, 0.05) is 22.4 Å². The van der Waals surface area contributed by atoms with Crippen molar-refractivity contribution in [1.29, 1.82) is 0 Å². The largest absolute Gasteiger partial charge is 0.246 e. The second-order valence-electron chi connectivity index (χ2n) is 4.26. The molecule has 0 saturated carbocycles. The van der Waals surface area contributed by atoms with Crippen molar-refractivity contribution in [1.82, 2.24) is 4.31 Å². The minimum absolute atomic E-state index is 0.00752. The number of halogens is 4. The summed E-state index contributed by atoms with van der Waals surface area (Å²) in [6.45, 7) is 0.501. The fourth-order valence-electron chi connectivity index (χ4n) is 2.17. The fourth-order valence-corrected chi connectivity index (χ4v) is 6.62. The number of hydrogen-bond donors (Lipinski definition) is 0. The maximum Gasteiger partial charge on any atom is 0.246 e. The molecular formula is C11H11Br2Cl2NO2S. The second-order valence-corrected chi connectivity index (χ2v) is 8.47. The van der Waals surface area contributed by atoms with Crippen LogP contribution in [0.15, 0.2) is 21.5 Å². The Morgan fingerprint density at radius 3 is 2.42 bits per heavy atom. The zero-order valence-corrected chi connectivity index (χ0v) is 15.2. The van der Waals surface area contributed by atoms with Gasteiger partial charge in [-0.15, -0.1) is 0 Å². The van der Waals surface area contributed by atoms with Crippen LogP contribution in [0.25, 0.3) is 0 Å². The lowest BCUT2D eigenvalue weighted by Gasteiger charge is -2.23. The van der Waals surface area contributed by atoms with Crippen LogP contribution < -0.4 is 0 Å². The maximum atomic E-state index is 12.7. The summed E-state index contributed by atoms with van der Waals surface area (Å²) in [7, 11) is -3.66. The lowest BCUT2D eigenvalue weighted by Crippen LogP contribution is -2.36. The van der Waals surface area contributed by atoms with Crippen molar-refractivity contribution in [3.8, 4) is 0 Å². The van der Waals surface area contributed by atoms with Gasteiger partial charge in [-0.05, 0) is 25.0 Å². The van der Waals surface area contributed by atoms with Crippen LogP contribution in [0.2, 0.25) is 10.0 Å². The van der Waals surface area contributed by atoms with E-state index in [0.717, 1.165) is 12.8 Å². The summed E-state index contributed by atoms with van der Waals surface area (Å²) < 4.78 is 27.5. The average Bonchev–Trinajstić information content (AvgIpc) is 2.75. The van der Waals surface area contributed by atoms with E-state index in [1.807, 2.05) is 0 Å². The standard InChI is InChI=1S/C11H11Br2Cl2NO2S/c12-6-8-2-1-3-16(8)19(17,18)11-9(14)4-7(13)5-10(11)15/h4-5,8H,1-3,6H2. The van der Waals surface area contributed by atoms with Gasteiger partial charge in [0.05, 0.1) is 10.0 Å². The molecule has 0 aromatic heterocycles. The molecule has 0 amide bonds. The molecule has 1 unspecified atom stereocenters. The van der Waals surface area contributed by atoms with E-state index in [2.05, 4.69) is 31.9 Å². The molecule has 1 aromatic rings. The van der Waals surface area contributed by atoms with Crippen molar-refractivity contribution < 1.29 is 8.42 Å². The summed E-state index contributed by atoms with van der Waals surface area (Å²) in [4.78, 5) is -0.00752. The van der Waals surface area contributed by atoms with Crippen LogP contribution in [0, 0.1) is 0 Å². The van der Waals surface area contributed by atoms with E-state index in [0.29, 0.717) is 16.3 Å². The highest BCUT2D eigenvalue weighted by atomic mass is 79.9. The number of rotatable bonds is 3. The van der Waals surface area contributed by atoms with Crippen LogP contribution in [0.3, 0.4) is 0 Å². The van der Waals surface area contributed by atoms with E-state index in [4.69, 9.17) is 23.2 Å². The Bertz CT molecular complexity index is 571. The Morgan fingerprint density at radius 2 is 1.89 bits per heavy atom. The van der Waals surface area contributed by atoms with Crippen molar-refractivity contribution in [3.63, 3.8) is 0 Å². The highest BCUT2D eigenvalue weighted by molar-refractivity contribution is 9.10. The minimum atomic E-state index is -3.66. The first kappa shape index (κ1) is 16.0. The molecule has 3 nitrogen and oxygen atoms in total. The molecule has 19 heavy (non-hydrogen) atoms. The Hall–Kier alpha value is 0.670. The molecule has 0 N–H and O–H groups in total. The predicted molar refractivity (Wildman–Crippen MR) is 84.9 cm³/mol. The van der Waals surface area contributed by atoms with Gasteiger partial charge in [-0.2, -0.15) is 4.31 Å². The van der Waals surface area contributed by atoms with Gasteiger partial charge in [0.2, 0.25) is 10.0 Å². The van der Waals surface area contributed by atoms with Crippen LogP contribution in [-0.4, -0.2) is 30.6 Å². The second kappa shape index (κ2) is 6.20. The number of benzene rings is 1. The Morgan fingerprint density at radius 1 is 1.32 bits per heavy atom. The molecule has 8 heteroatoms. The fraction of sp³-hybridized carbons (Fsp3) is 0.455. The van der Waals surface area contributed by atoms with Crippen molar-refractivity contribution in [2.75, 3.05) is 11.9 Å². The van der Waals surface area contributed by atoms with E-state index in [1.165, 1.54) is 4.31 Å². The molecule has 0 spiro atoms. The van der Waals surface area contributed by atoms with E-state index in [9.17, 15) is 8.42 Å². The molecule has 1 aliphatic rings. The lowest BCUT2D eigenvalue weighted by molar-refractivity contribution is 0.414. The summed E-state index contributed by atoms with van der Waals surface area (Å²) >= 11 is 18.7. The van der Waals surface area contributed by atoms with E-state index < -0.39 is 10.0 Å². The van der Waals surface area contributed by atoms with Gasteiger partial charge in [0.15, 0.2) is 0 Å². The van der Waals surface area contributed by atoms with E-state index >= 15 is 0 Å². The third kappa shape index (κ3) is 3.14. The van der Waals surface area contributed by atoms with E-state index in [-0.39, 0.29) is 21.0 Å². The van der Waals surface area contributed by atoms with Gasteiger partial charge in [0.1, 0.15) is 4.90 Å². The lowest BCUT2D eigenvalue weighted by atomic mass is 10.3. The Labute approximate surface area is 139 Å². The minimum Gasteiger partial charge on any atom is -0.207 e. The van der Waals surface area contributed by atoms with Crippen LogP contribution in [-0.2, 0) is 10.0 Å². The quantitative estimate of drug-likeness (QED) is 0.642. The molecule has 1 fully saturated rings. The van der Waals surface area contributed by atoms with Crippen molar-refractivity contribution in [2.24, 2.45) is 0 Å². The third-order valence-corrected chi connectivity index (χ3v) is 7.11. The number of hydrogen-bond acceptors (Lipinski definition) is 2. The predicted octanol–water partition coefficient (Wildman–Crippen LogP) is 4.30. The van der Waals surface area contributed by atoms with Gasteiger partial charge in [0.25, 0.3) is 0 Å². The first-order chi connectivity index (χ1) is 8.87. The highest BCUT2D eigenvalue weighted by Crippen LogP contribution is 2.37. The summed E-state index contributed by atoms with van der Waals surface area (Å²) in [6.07, 6.45) is 1.69. The van der Waals surface area contributed by atoms with E-state index in [1.54, 1.807) is 12.1 Å². The van der Waals surface area contributed by atoms with Gasteiger partial charge >= 0.3 is 0 Å². The zero-order valence-electron chi connectivity index (χ0n) is 9.74. The Kier molecular flexibility index (Phi) is 5.23. The summed E-state index contributed by atoms with van der Waals surface area (Å²) in [5.74, 6) is 0. The van der Waals surface area contributed by atoms with Crippen LogP contribution in [0.4, 0.5) is 0 Å². The third-order valence-electron chi connectivity index (χ3n) is 3.03. The van der Waals surface area contributed by atoms with Gasteiger partial charge in [-0.3, -0.25) is 0 Å². The number of nitrogens with zero attached hydrogens (tertiary/aromatic N) is 1. The van der Waals surface area contributed by atoms with Crippen LogP contribution in [0.5, 0.6) is 0 Å². The SMILES string of the molecule is O=S(=O)(c1c(Cl)cc(Br)cc1Cl)N1CCCC1CBr. The molecule has 1 saturated heterocycles. The molecule has 1 atom stereocenters. The van der Waals surface area contributed by atoms with Gasteiger partial charge < -0.3 is 0 Å². The van der Waals surface area contributed by atoms with Crippen LogP contribution in [0.1, 0.15) is 12.8 Å². The monoisotopic (exact) mass is 449 g/mol. The van der Waals surface area contributed by atoms with Crippen molar-refractivity contribution in [3.05, 3.63) is 26.7 Å². The highest BCUT2D eigenvalue weighted by Gasteiger charge is 2.37. The molecule has 0 bridgehead atoms. The first-order valence-electron chi connectivity index (χ1n) is 5.60. The molecular weight excluding hydrogens is 441 g/mol. The first-order valence-corrected chi connectivity index (χ1v) is 9.71. The Balaban J connectivity index is 2.51. The topological polar surface area (TPSA) is 37.4 Å². The molecule has 1 heterocycles. The van der Waals surface area contributed by atoms with Crippen molar-refractivity contribution in [2.45, 2.75) is 23.8 Å². The summed E-state index contributed by atoms with van der Waals surface area (Å²) in [6, 6.07) is 3.04. The number of alkyl halides is 1. The van der Waals surface area contributed by atoms with Gasteiger partial charge in [-0.25, -0.2) is 8.42 Å². The molecule has 2 rings (SSSR count). The zero-order chi connectivity index (χ0) is 14.2. The maximum absolute atomic E-state index is 12.7. The average molecular weight is 452 g/mol. The normalized spacial score (nSPS) is 20.9. The van der Waals surface area contributed by atoms with Crippen LogP contribution >= 0.6 is 55.1 Å². The molecule has 1 aliphatic heterocycles.